The highest BCUT2D eigenvalue weighted by Gasteiger charge is 2.78. The van der Waals surface area contributed by atoms with Crippen molar-refractivity contribution < 1.29 is 4.74 Å². The Labute approximate surface area is 352 Å². The molecule has 2 aliphatic heterocycles. The van der Waals surface area contributed by atoms with Gasteiger partial charge >= 0.3 is 0 Å². The number of para-hydroxylation sites is 1. The first-order chi connectivity index (χ1) is 27.8. The average Bonchev–Trinajstić information content (AvgIpc) is 3.70. The average molecular weight is 782 g/mol. The molecule has 1 fully saturated rings. The zero-order chi connectivity index (χ0) is 41.9. The van der Waals surface area contributed by atoms with Crippen LogP contribution in [0.15, 0.2) is 121 Å². The van der Waals surface area contributed by atoms with E-state index in [2.05, 4.69) is 210 Å². The third-order valence-electron chi connectivity index (χ3n) is 13.7. The number of hydrogen-bond acceptors (Lipinski definition) is 2. The lowest BCUT2D eigenvalue weighted by molar-refractivity contribution is 0.415. The van der Waals surface area contributed by atoms with E-state index in [9.17, 15) is 0 Å². The van der Waals surface area contributed by atoms with E-state index in [4.69, 9.17) is 9.72 Å². The Morgan fingerprint density at radius 2 is 1.19 bits per heavy atom. The molecule has 7 aromatic rings. The molecule has 0 aliphatic carbocycles. The van der Waals surface area contributed by atoms with Gasteiger partial charge in [-0.2, -0.15) is 9.18 Å². The van der Waals surface area contributed by atoms with Crippen LogP contribution in [-0.4, -0.2) is 9.55 Å². The van der Waals surface area contributed by atoms with Crippen molar-refractivity contribution in [2.24, 2.45) is 0 Å². The fourth-order valence-electron chi connectivity index (χ4n) is 9.39. The van der Waals surface area contributed by atoms with Gasteiger partial charge in [0.2, 0.25) is 11.4 Å². The first kappa shape index (κ1) is 39.2. The maximum atomic E-state index is 7.03. The van der Waals surface area contributed by atoms with Gasteiger partial charge in [-0.1, -0.05) is 119 Å². The van der Waals surface area contributed by atoms with Crippen LogP contribution in [-0.2, 0) is 21.7 Å². The summed E-state index contributed by atoms with van der Waals surface area (Å²) in [7, 11) is 0. The molecule has 2 aromatic heterocycles. The number of fused-ring (bicyclic) bond motifs is 7. The van der Waals surface area contributed by atoms with Crippen LogP contribution in [0.3, 0.4) is 0 Å². The van der Waals surface area contributed by atoms with Crippen molar-refractivity contribution in [2.75, 3.05) is 0 Å². The highest BCUT2D eigenvalue weighted by atomic mass is 16.5. The van der Waals surface area contributed by atoms with E-state index in [1.807, 2.05) is 6.20 Å². The molecule has 2 aliphatic rings. The van der Waals surface area contributed by atoms with Crippen LogP contribution < -0.4 is 13.9 Å². The van der Waals surface area contributed by atoms with Crippen LogP contribution in [0, 0.1) is 6.67 Å². The minimum Gasteiger partial charge on any atom is -0.457 e. The van der Waals surface area contributed by atoms with Crippen LogP contribution in [0.25, 0.3) is 27.6 Å². The normalized spacial score (nSPS) is 19.1. The number of benzene rings is 5. The minimum atomic E-state index is -0.105. The van der Waals surface area contributed by atoms with Crippen molar-refractivity contribution >= 4 is 44.6 Å². The number of aromatic nitrogens is 2. The lowest BCUT2D eigenvalue weighted by Gasteiger charge is -2.41. The molecule has 59 heavy (non-hydrogen) atoms. The van der Waals surface area contributed by atoms with Crippen LogP contribution in [0.1, 0.15) is 118 Å². The van der Waals surface area contributed by atoms with Gasteiger partial charge in [-0.15, -0.1) is 0 Å². The quantitative estimate of drug-likeness (QED) is 0.0872. The second kappa shape index (κ2) is 13.1. The van der Waals surface area contributed by atoms with Gasteiger partial charge in [0.05, 0.1) is 11.0 Å². The van der Waals surface area contributed by atoms with Crippen LogP contribution in [0.4, 0.5) is 22.7 Å². The molecular weight excluding hydrogens is 721 g/mol. The maximum absolute atomic E-state index is 7.03. The lowest BCUT2D eigenvalue weighted by Crippen LogP contribution is -2.47. The van der Waals surface area contributed by atoms with E-state index in [1.54, 1.807) is 0 Å². The van der Waals surface area contributed by atoms with E-state index in [1.165, 1.54) is 55.8 Å². The molecule has 4 heterocycles. The molecule has 9 rings (SSSR count). The van der Waals surface area contributed by atoms with Gasteiger partial charge in [0.15, 0.2) is 18.0 Å². The number of rotatable bonds is 8. The number of quaternary nitrogens is 2. The fraction of sp³-hybridized carbons (Fsp3) is 0.333. The first-order valence-electron chi connectivity index (χ1n) is 21.6. The number of pyridine rings is 1. The summed E-state index contributed by atoms with van der Waals surface area (Å²) >= 11 is 0. The molecule has 0 spiro atoms. The van der Waals surface area contributed by atoms with Crippen LogP contribution in [0.5, 0.6) is 11.5 Å². The molecule has 1 saturated heterocycles. The molecule has 0 radical (unpaired) electrons. The Morgan fingerprint density at radius 1 is 0.525 bits per heavy atom. The van der Waals surface area contributed by atoms with Gasteiger partial charge in [-0.05, 0) is 93.2 Å². The molecular formula is C54H61N4O+. The Morgan fingerprint density at radius 3 is 1.90 bits per heavy atom. The molecule has 0 bridgehead atoms. The molecule has 0 N–H and O–H groups in total. The summed E-state index contributed by atoms with van der Waals surface area (Å²) in [6, 6.07) is 43.1. The van der Waals surface area contributed by atoms with Crippen molar-refractivity contribution in [1.82, 2.24) is 18.7 Å². The first-order valence-corrected chi connectivity index (χ1v) is 21.6. The predicted octanol–water partition coefficient (Wildman–Crippen LogP) is 15.3. The minimum absolute atomic E-state index is 0.00195. The number of ether oxygens (including phenoxy) is 1. The van der Waals surface area contributed by atoms with E-state index in [0.717, 1.165) is 41.2 Å². The Bertz CT molecular complexity index is 2790. The van der Waals surface area contributed by atoms with Crippen molar-refractivity contribution in [2.45, 2.75) is 118 Å². The summed E-state index contributed by atoms with van der Waals surface area (Å²) in [4.78, 5) is 4.92. The summed E-state index contributed by atoms with van der Waals surface area (Å²) in [5.74, 6) is 2.55. The largest absolute Gasteiger partial charge is 0.457 e. The molecule has 0 saturated carbocycles. The van der Waals surface area contributed by atoms with Crippen molar-refractivity contribution in [3.8, 4) is 17.3 Å². The topological polar surface area (TPSA) is 27.1 Å². The third-order valence-corrected chi connectivity index (χ3v) is 13.7. The molecule has 2 atom stereocenters. The molecule has 1 unspecified atom stereocenters. The van der Waals surface area contributed by atoms with Crippen LogP contribution in [0.2, 0.25) is 0 Å². The van der Waals surface area contributed by atoms with E-state index in [-0.39, 0.29) is 21.7 Å². The second-order valence-electron chi connectivity index (χ2n) is 20.5. The van der Waals surface area contributed by atoms with E-state index in [0.29, 0.717) is 9.18 Å². The monoisotopic (exact) mass is 781 g/mol. The molecule has 5 heteroatoms. The fourth-order valence-corrected chi connectivity index (χ4v) is 9.39. The van der Waals surface area contributed by atoms with Crippen molar-refractivity contribution in [3.05, 3.63) is 150 Å². The van der Waals surface area contributed by atoms with E-state index < -0.39 is 0 Å². The SMILES string of the molecule is CCC(C)(CC)c1cccc([N@+]23[CH-][N+]2(c2cc(Oc4ccc5c6ccccc6n(-c6cc(C(C)(C)C)ccn6)c5c4)cc(C(C)(C)C)c2)c2ccc(C(C)(C)C)cc23)c1. The Hall–Kier alpha value is -5.23. The van der Waals surface area contributed by atoms with Gasteiger partial charge in [0.1, 0.15) is 17.3 Å². The number of nitrogens with zero attached hydrogens (tertiary/aromatic N) is 4. The van der Waals surface area contributed by atoms with Crippen LogP contribution >= 0.6 is 0 Å². The highest BCUT2D eigenvalue weighted by Crippen LogP contribution is 2.76. The molecule has 5 aromatic carbocycles. The number of hydrogen-bond donors (Lipinski definition) is 0. The Kier molecular flexibility index (Phi) is 8.74. The van der Waals surface area contributed by atoms with Gasteiger partial charge < -0.3 is 4.74 Å². The summed E-state index contributed by atoms with van der Waals surface area (Å²) < 4.78 is 10.6. The molecule has 0 amide bonds. The van der Waals surface area contributed by atoms with Crippen molar-refractivity contribution in [1.29, 1.82) is 0 Å². The Balaban J connectivity index is 1.19. The van der Waals surface area contributed by atoms with Crippen molar-refractivity contribution in [3.63, 3.8) is 0 Å². The summed E-state index contributed by atoms with van der Waals surface area (Å²) in [6.07, 6.45) is 4.14. The summed E-state index contributed by atoms with van der Waals surface area (Å²) in [5.41, 5.74) is 12.7. The van der Waals surface area contributed by atoms with Gasteiger partial charge in [0, 0.05) is 59.4 Å². The summed E-state index contributed by atoms with van der Waals surface area (Å²) in [6.45, 7) is 30.1. The smallest absolute Gasteiger partial charge is 0.225 e. The second-order valence-corrected chi connectivity index (χ2v) is 20.5. The molecule has 5 nitrogen and oxygen atoms in total. The van der Waals surface area contributed by atoms with E-state index >= 15 is 0 Å². The zero-order valence-electron chi connectivity index (χ0n) is 37.2. The lowest BCUT2D eigenvalue weighted by atomic mass is 9.77. The standard InChI is InChI=1S/C54H61N4O/c1-13-54(12,14-2)38-18-17-19-40(28-38)57-35-58(57,48-25-22-36(31-49(48)57)51(3,4)5)41-29-39(53(9,10)11)30-43(33-41)59-42-23-24-45-44-20-15-16-21-46(44)56(47(45)34-42)50-32-37(26-27-55-50)52(6,7)8/h15-35H,13-14H2,1-12H3/q+1/t57-,58?/m0/s1. The predicted molar refractivity (Wildman–Crippen MR) is 249 cm³/mol. The summed E-state index contributed by atoms with van der Waals surface area (Å²) in [5, 5.41) is 2.37. The third kappa shape index (κ3) is 5.98. The maximum Gasteiger partial charge on any atom is 0.225 e. The van der Waals surface area contributed by atoms with Gasteiger partial charge in [0.25, 0.3) is 0 Å². The zero-order valence-corrected chi connectivity index (χ0v) is 37.2. The van der Waals surface area contributed by atoms with Gasteiger partial charge in [-0.3, -0.25) is 4.57 Å². The van der Waals surface area contributed by atoms with Gasteiger partial charge in [-0.25, -0.2) is 4.98 Å². The molecule has 302 valence electrons. The highest BCUT2D eigenvalue weighted by molar-refractivity contribution is 6.09.